The zero-order chi connectivity index (χ0) is 3.54. The van der Waals surface area contributed by atoms with Gasteiger partial charge in [-0.3, -0.25) is 0 Å². The second-order valence-electron chi connectivity index (χ2n) is 1.01. The van der Waals surface area contributed by atoms with E-state index in [9.17, 15) is 0 Å². The molecule has 0 atom stereocenters. The van der Waals surface area contributed by atoms with Crippen LogP contribution in [0, 0.1) is 0 Å². The molecule has 1 heterocycles. The summed E-state index contributed by atoms with van der Waals surface area (Å²) in [4.78, 5) is 0. The first kappa shape index (κ1) is 3.08. The van der Waals surface area contributed by atoms with E-state index in [1.165, 1.54) is 0 Å². The summed E-state index contributed by atoms with van der Waals surface area (Å²) in [5.74, 6) is 4.99. The van der Waals surface area contributed by atoms with Crippen LogP contribution in [0.4, 0.5) is 0 Å². The summed E-state index contributed by atoms with van der Waals surface area (Å²) in [5.41, 5.74) is 0. The summed E-state index contributed by atoms with van der Waals surface area (Å²) in [5, 5.41) is 0. The Kier molecular flexibility index (Phi) is 0.827. The molecule has 0 fully saturated rings. The SMILES string of the molecule is B1=[C]B=CC1. The molecule has 0 nitrogen and oxygen atoms in total. The number of hydrogen-bond donors (Lipinski definition) is 0. The van der Waals surface area contributed by atoms with Crippen LogP contribution in [0.2, 0.25) is 6.32 Å². The molecule has 2 heteroatoms. The molecular formula is C3H3B2. The van der Waals surface area contributed by atoms with E-state index in [0.717, 1.165) is 6.32 Å². The van der Waals surface area contributed by atoms with E-state index in [4.69, 9.17) is 0 Å². The van der Waals surface area contributed by atoms with E-state index < -0.39 is 0 Å². The zero-order valence-corrected chi connectivity index (χ0v) is 2.94. The Hall–Kier alpha value is -0.130. The van der Waals surface area contributed by atoms with E-state index in [1.807, 2.05) is 13.8 Å². The van der Waals surface area contributed by atoms with Crippen molar-refractivity contribution in [3.8, 4) is 0 Å². The molecular weight excluding hydrogens is 57.7 g/mol. The topological polar surface area (TPSA) is 0 Å². The number of hydrogen-bond acceptors (Lipinski definition) is 0. The van der Waals surface area contributed by atoms with Crippen LogP contribution in [0.15, 0.2) is 0 Å². The normalized spacial score (nSPS) is 14.4. The van der Waals surface area contributed by atoms with E-state index in [1.54, 1.807) is 0 Å². The van der Waals surface area contributed by atoms with Gasteiger partial charge in [0.15, 0.2) is 0 Å². The van der Waals surface area contributed by atoms with Crippen molar-refractivity contribution in [2.45, 2.75) is 6.32 Å². The second-order valence-corrected chi connectivity index (χ2v) is 1.01. The maximum absolute atomic E-state index is 2.92. The Morgan fingerprint density at radius 3 is 3.00 bits per heavy atom. The van der Waals surface area contributed by atoms with Crippen molar-refractivity contribution in [3.63, 3.8) is 0 Å². The maximum atomic E-state index is 2.92. The second kappa shape index (κ2) is 1.34. The van der Waals surface area contributed by atoms with Crippen LogP contribution in [0.5, 0.6) is 0 Å². The third-order valence-electron chi connectivity index (χ3n) is 0.586. The Labute approximate surface area is 33.0 Å². The Morgan fingerprint density at radius 1 is 1.80 bits per heavy atom. The minimum absolute atomic E-state index is 1.08. The molecule has 0 N–H and O–H groups in total. The van der Waals surface area contributed by atoms with Crippen LogP contribution in [0.3, 0.4) is 0 Å². The van der Waals surface area contributed by atoms with E-state index >= 15 is 0 Å². The van der Waals surface area contributed by atoms with Crippen LogP contribution in [-0.4, -0.2) is 25.7 Å². The van der Waals surface area contributed by atoms with Gasteiger partial charge in [-0.15, -0.1) is 0 Å². The zero-order valence-electron chi connectivity index (χ0n) is 2.94. The van der Waals surface area contributed by atoms with Crippen LogP contribution in [-0.2, 0) is 0 Å². The monoisotopic (exact) mass is 61.0 g/mol. The molecule has 0 aromatic rings. The Bertz CT molecular complexity index is 63.0. The molecule has 0 aliphatic carbocycles. The molecule has 0 aromatic heterocycles. The predicted octanol–water partition coefficient (Wildman–Crippen LogP) is -0.734. The molecule has 0 saturated heterocycles. The van der Waals surface area contributed by atoms with Gasteiger partial charge in [0.25, 0.3) is 0 Å². The fourth-order valence-electron chi connectivity index (χ4n) is 0.340. The fraction of sp³-hybridized carbons (Fsp3) is 0.333. The third-order valence-corrected chi connectivity index (χ3v) is 0.586. The van der Waals surface area contributed by atoms with Gasteiger partial charge in [0.05, 0.1) is 0 Å². The van der Waals surface area contributed by atoms with Gasteiger partial charge in [0.2, 0.25) is 0 Å². The minimum atomic E-state index is 1.08. The summed E-state index contributed by atoms with van der Waals surface area (Å²) < 4.78 is 0. The molecule has 1 aliphatic heterocycles. The first-order chi connectivity index (χ1) is 2.50. The van der Waals surface area contributed by atoms with E-state index in [2.05, 4.69) is 11.8 Å². The van der Waals surface area contributed by atoms with Crippen molar-refractivity contribution in [1.29, 1.82) is 0 Å². The molecule has 0 saturated carbocycles. The van der Waals surface area contributed by atoms with Crippen LogP contribution in [0.25, 0.3) is 0 Å². The molecule has 21 valence electrons. The molecule has 0 amide bonds. The van der Waals surface area contributed by atoms with Crippen LogP contribution >= 0.6 is 0 Å². The Balaban J connectivity index is 2.61. The Morgan fingerprint density at radius 2 is 2.80 bits per heavy atom. The first-order valence-electron chi connectivity index (χ1n) is 1.73. The van der Waals surface area contributed by atoms with E-state index in [0.29, 0.717) is 0 Å². The molecule has 0 bridgehead atoms. The van der Waals surface area contributed by atoms with Crippen molar-refractivity contribution < 1.29 is 0 Å². The van der Waals surface area contributed by atoms with Gasteiger partial charge in [0, 0.05) is 0 Å². The van der Waals surface area contributed by atoms with Crippen molar-refractivity contribution in [2.24, 2.45) is 0 Å². The molecule has 0 unspecified atom stereocenters. The molecule has 0 spiro atoms. The van der Waals surface area contributed by atoms with Gasteiger partial charge < -0.3 is 0 Å². The summed E-state index contributed by atoms with van der Waals surface area (Å²) in [7, 11) is 0. The summed E-state index contributed by atoms with van der Waals surface area (Å²) >= 11 is 0. The van der Waals surface area contributed by atoms with Gasteiger partial charge in [-0.1, -0.05) is 0 Å². The number of rotatable bonds is 0. The standard InChI is InChI=1S/C3H3B2/c1-2-5-3-4-1/h1H,2H2. The molecule has 1 rings (SSSR count). The van der Waals surface area contributed by atoms with Crippen molar-refractivity contribution in [2.75, 3.05) is 0 Å². The average Bonchev–Trinajstić information content (AvgIpc) is 1.76. The van der Waals surface area contributed by atoms with Crippen molar-refractivity contribution in [3.05, 3.63) is 0 Å². The molecule has 0 aromatic carbocycles. The summed E-state index contributed by atoms with van der Waals surface area (Å²) in [6, 6.07) is 0. The van der Waals surface area contributed by atoms with Gasteiger partial charge in [-0.05, 0) is 0 Å². The van der Waals surface area contributed by atoms with E-state index in [-0.39, 0.29) is 0 Å². The third kappa shape index (κ3) is 0.571. The summed E-state index contributed by atoms with van der Waals surface area (Å²) in [6.45, 7) is 3.93. The van der Waals surface area contributed by atoms with Gasteiger partial charge in [-0.2, -0.15) is 0 Å². The molecule has 1 radical (unpaired) electrons. The average molecular weight is 60.7 g/mol. The first-order valence-corrected chi connectivity index (χ1v) is 1.73. The van der Waals surface area contributed by atoms with Gasteiger partial charge in [-0.25, -0.2) is 0 Å². The molecule has 5 heavy (non-hydrogen) atoms. The van der Waals surface area contributed by atoms with Crippen LogP contribution < -0.4 is 0 Å². The van der Waals surface area contributed by atoms with Gasteiger partial charge >= 0.3 is 32.0 Å². The quantitative estimate of drug-likeness (QED) is 0.323. The summed E-state index contributed by atoms with van der Waals surface area (Å²) in [6.07, 6.45) is 1.08. The molecule has 1 aliphatic rings. The predicted molar refractivity (Wildman–Crippen MR) is 27.4 cm³/mol. The fourth-order valence-corrected chi connectivity index (χ4v) is 0.340. The van der Waals surface area contributed by atoms with Crippen molar-refractivity contribution in [1.82, 2.24) is 0 Å². The van der Waals surface area contributed by atoms with Crippen molar-refractivity contribution >= 4 is 25.7 Å². The van der Waals surface area contributed by atoms with Crippen LogP contribution in [0.1, 0.15) is 0 Å². The van der Waals surface area contributed by atoms with Gasteiger partial charge in [0.1, 0.15) is 0 Å².